The Bertz CT molecular complexity index is 1510. The number of rotatable bonds is 7. The Balaban J connectivity index is 1.36. The number of amides is 1. The highest BCUT2D eigenvalue weighted by Gasteiger charge is 2.35. The summed E-state index contributed by atoms with van der Waals surface area (Å²) in [6.45, 7) is 1.55. The molecule has 1 heterocycles. The molecular weight excluding hydrogens is 525 g/mol. The van der Waals surface area contributed by atoms with Gasteiger partial charge in [-0.2, -0.15) is 13.2 Å². The average molecular weight is 549 g/mol. The topological polar surface area (TPSA) is 68.3 Å². The SMILES string of the molecule is Cc1ccc(C(F)(F)F)c(Sc2ncccc2C=O)c1CNC(=O)OCC1c2ccccc2-c2ccccc21. The van der Waals surface area contributed by atoms with Gasteiger partial charge in [0.2, 0.25) is 0 Å². The predicted molar refractivity (Wildman–Crippen MR) is 142 cm³/mol. The van der Waals surface area contributed by atoms with Gasteiger partial charge in [0.25, 0.3) is 0 Å². The second-order valence-corrected chi connectivity index (χ2v) is 10.0. The first-order valence-electron chi connectivity index (χ1n) is 12.1. The highest BCUT2D eigenvalue weighted by atomic mass is 32.2. The fraction of sp³-hybridized carbons (Fsp3) is 0.167. The van der Waals surface area contributed by atoms with Gasteiger partial charge in [0.1, 0.15) is 11.6 Å². The summed E-state index contributed by atoms with van der Waals surface area (Å²) in [5.41, 5.74) is 4.41. The van der Waals surface area contributed by atoms with Gasteiger partial charge in [-0.25, -0.2) is 9.78 Å². The number of hydrogen-bond acceptors (Lipinski definition) is 5. The summed E-state index contributed by atoms with van der Waals surface area (Å²) >= 11 is 0.749. The van der Waals surface area contributed by atoms with E-state index in [2.05, 4.69) is 10.3 Å². The summed E-state index contributed by atoms with van der Waals surface area (Å²) in [4.78, 5) is 28.2. The highest BCUT2D eigenvalue weighted by Crippen LogP contribution is 2.45. The number of pyridine rings is 1. The van der Waals surface area contributed by atoms with Crippen LogP contribution in [0.25, 0.3) is 11.1 Å². The third-order valence-corrected chi connectivity index (χ3v) is 7.88. The molecule has 0 radical (unpaired) electrons. The number of aromatic nitrogens is 1. The number of benzene rings is 3. The van der Waals surface area contributed by atoms with Crippen molar-refractivity contribution < 1.29 is 27.5 Å². The standard InChI is InChI=1S/C30H23F3N2O3S/c1-18-12-13-26(30(31,32)33)27(39-28-19(16-36)7-6-14-34-28)24(18)15-35-29(37)38-17-25-22-10-4-2-8-20(22)21-9-3-5-11-23(21)25/h2-14,16,25H,15,17H2,1H3,(H,35,37). The molecule has 0 unspecified atom stereocenters. The van der Waals surface area contributed by atoms with Crippen LogP contribution in [0.3, 0.4) is 0 Å². The molecule has 0 atom stereocenters. The largest absolute Gasteiger partial charge is 0.449 e. The molecule has 9 heteroatoms. The third-order valence-electron chi connectivity index (χ3n) is 6.68. The molecule has 1 aliphatic carbocycles. The number of alkyl carbamates (subject to hydrolysis) is 1. The number of ether oxygens (including phenoxy) is 1. The van der Waals surface area contributed by atoms with Crippen LogP contribution in [0.2, 0.25) is 0 Å². The zero-order valence-corrected chi connectivity index (χ0v) is 21.6. The quantitative estimate of drug-likeness (QED) is 0.244. The van der Waals surface area contributed by atoms with E-state index in [9.17, 15) is 22.8 Å². The lowest BCUT2D eigenvalue weighted by Crippen LogP contribution is -2.26. The molecule has 1 N–H and O–H groups in total. The zero-order valence-electron chi connectivity index (χ0n) is 20.8. The minimum absolute atomic E-state index is 0.0830. The minimum Gasteiger partial charge on any atom is -0.449 e. The number of carbonyl (C=O) groups excluding carboxylic acids is 2. The molecule has 39 heavy (non-hydrogen) atoms. The van der Waals surface area contributed by atoms with Crippen molar-refractivity contribution >= 4 is 24.1 Å². The Kier molecular flexibility index (Phi) is 7.43. The number of alkyl halides is 3. The van der Waals surface area contributed by atoms with Gasteiger partial charge >= 0.3 is 12.3 Å². The molecule has 4 aromatic rings. The predicted octanol–water partition coefficient (Wildman–Crippen LogP) is 7.41. The number of aryl methyl sites for hydroxylation is 1. The van der Waals surface area contributed by atoms with E-state index in [1.807, 2.05) is 48.5 Å². The van der Waals surface area contributed by atoms with E-state index in [1.54, 1.807) is 6.92 Å². The van der Waals surface area contributed by atoms with E-state index >= 15 is 0 Å². The molecule has 0 aliphatic heterocycles. The number of nitrogens with zero attached hydrogens (tertiary/aromatic N) is 1. The molecule has 1 amide bonds. The Labute approximate surface area is 227 Å². The number of halogens is 3. The van der Waals surface area contributed by atoms with Gasteiger partial charge in [-0.1, -0.05) is 66.4 Å². The lowest BCUT2D eigenvalue weighted by atomic mass is 9.98. The monoisotopic (exact) mass is 548 g/mol. The van der Waals surface area contributed by atoms with Gasteiger partial charge in [-0.15, -0.1) is 0 Å². The molecule has 1 aromatic heterocycles. The first-order chi connectivity index (χ1) is 18.8. The molecule has 198 valence electrons. The fourth-order valence-electron chi connectivity index (χ4n) is 4.77. The van der Waals surface area contributed by atoms with Crippen LogP contribution in [0.4, 0.5) is 18.0 Å². The molecular formula is C30H23F3N2O3S. The van der Waals surface area contributed by atoms with Crippen LogP contribution in [0.1, 0.15) is 44.1 Å². The van der Waals surface area contributed by atoms with E-state index in [0.717, 1.165) is 40.1 Å². The summed E-state index contributed by atoms with van der Waals surface area (Å²) < 4.78 is 47.4. The maximum atomic E-state index is 14.0. The van der Waals surface area contributed by atoms with Crippen LogP contribution >= 0.6 is 11.8 Å². The van der Waals surface area contributed by atoms with Crippen LogP contribution in [0.5, 0.6) is 0 Å². The van der Waals surface area contributed by atoms with Crippen LogP contribution in [-0.4, -0.2) is 24.0 Å². The number of aldehydes is 1. The van der Waals surface area contributed by atoms with Crippen LogP contribution < -0.4 is 5.32 Å². The molecule has 0 fully saturated rings. The Hall–Kier alpha value is -4.11. The van der Waals surface area contributed by atoms with Gasteiger partial charge in [0, 0.05) is 29.1 Å². The average Bonchev–Trinajstić information content (AvgIpc) is 3.25. The lowest BCUT2D eigenvalue weighted by Gasteiger charge is -2.19. The van der Waals surface area contributed by atoms with Crippen molar-refractivity contribution in [2.75, 3.05) is 6.61 Å². The van der Waals surface area contributed by atoms with E-state index in [0.29, 0.717) is 11.8 Å². The highest BCUT2D eigenvalue weighted by molar-refractivity contribution is 7.99. The fourth-order valence-corrected chi connectivity index (χ4v) is 5.96. The van der Waals surface area contributed by atoms with Gasteiger partial charge in [-0.3, -0.25) is 4.79 Å². The third kappa shape index (κ3) is 5.40. The van der Waals surface area contributed by atoms with E-state index in [4.69, 9.17) is 4.74 Å². The first-order valence-corrected chi connectivity index (χ1v) is 13.0. The zero-order chi connectivity index (χ0) is 27.6. The Morgan fingerprint density at radius 3 is 2.31 bits per heavy atom. The maximum absolute atomic E-state index is 14.0. The van der Waals surface area contributed by atoms with Crippen molar-refractivity contribution in [2.45, 2.75) is 35.5 Å². The molecule has 5 nitrogen and oxygen atoms in total. The molecule has 0 saturated carbocycles. The second-order valence-electron chi connectivity index (χ2n) is 9.03. The number of nitrogens with one attached hydrogen (secondary N) is 1. The van der Waals surface area contributed by atoms with Crippen molar-refractivity contribution in [3.05, 3.63) is 112 Å². The van der Waals surface area contributed by atoms with Crippen LogP contribution in [-0.2, 0) is 17.5 Å². The second kappa shape index (κ2) is 10.9. The molecule has 5 rings (SSSR count). The number of fused-ring (bicyclic) bond motifs is 3. The lowest BCUT2D eigenvalue weighted by molar-refractivity contribution is -0.139. The maximum Gasteiger partial charge on any atom is 0.417 e. The van der Waals surface area contributed by atoms with Crippen molar-refractivity contribution in [3.8, 4) is 11.1 Å². The molecule has 1 aliphatic rings. The number of carbonyl (C=O) groups is 2. The summed E-state index contributed by atoms with van der Waals surface area (Å²) in [5.74, 6) is -0.143. The smallest absolute Gasteiger partial charge is 0.417 e. The van der Waals surface area contributed by atoms with Gasteiger partial charge in [0.05, 0.1) is 5.56 Å². The van der Waals surface area contributed by atoms with Gasteiger partial charge < -0.3 is 10.1 Å². The molecule has 3 aromatic carbocycles. The van der Waals surface area contributed by atoms with Gasteiger partial charge in [-0.05, 0) is 58.5 Å². The van der Waals surface area contributed by atoms with Crippen LogP contribution in [0.15, 0.2) is 88.9 Å². The normalized spacial score (nSPS) is 12.5. The summed E-state index contributed by atoms with van der Waals surface area (Å²) in [7, 11) is 0. The summed E-state index contributed by atoms with van der Waals surface area (Å²) in [5, 5.41) is 2.76. The van der Waals surface area contributed by atoms with Gasteiger partial charge in [0.15, 0.2) is 6.29 Å². The molecule has 0 bridgehead atoms. The summed E-state index contributed by atoms with van der Waals surface area (Å²) in [6, 6.07) is 21.2. The van der Waals surface area contributed by atoms with Crippen molar-refractivity contribution in [2.24, 2.45) is 0 Å². The van der Waals surface area contributed by atoms with Crippen molar-refractivity contribution in [3.63, 3.8) is 0 Å². The molecule has 0 saturated heterocycles. The summed E-state index contributed by atoms with van der Waals surface area (Å²) in [6.07, 6.45) is -3.43. The van der Waals surface area contributed by atoms with E-state index in [-0.39, 0.29) is 40.1 Å². The first kappa shape index (κ1) is 26.5. The van der Waals surface area contributed by atoms with Crippen molar-refractivity contribution in [1.82, 2.24) is 10.3 Å². The van der Waals surface area contributed by atoms with Crippen LogP contribution in [0, 0.1) is 6.92 Å². The molecule has 0 spiro atoms. The Morgan fingerprint density at radius 1 is 1.00 bits per heavy atom. The number of hydrogen-bond donors (Lipinski definition) is 1. The van der Waals surface area contributed by atoms with Crippen molar-refractivity contribution in [1.29, 1.82) is 0 Å². The Morgan fingerprint density at radius 2 is 1.67 bits per heavy atom. The van der Waals surface area contributed by atoms with E-state index < -0.39 is 17.8 Å². The van der Waals surface area contributed by atoms with E-state index in [1.165, 1.54) is 24.4 Å². The minimum atomic E-state index is -4.65.